The minimum absolute atomic E-state index is 0.192. The zero-order chi connectivity index (χ0) is 20.5. The Morgan fingerprint density at radius 1 is 1.00 bits per heavy atom. The van der Waals surface area contributed by atoms with E-state index in [4.69, 9.17) is 4.74 Å². The van der Waals surface area contributed by atoms with Crippen molar-refractivity contribution in [1.82, 2.24) is 5.32 Å². The lowest BCUT2D eigenvalue weighted by atomic mass is 10.1. The first-order valence-electron chi connectivity index (χ1n) is 8.93. The highest BCUT2D eigenvalue weighted by molar-refractivity contribution is 6.04. The number of amides is 2. The Labute approximate surface area is 164 Å². The van der Waals surface area contributed by atoms with Crippen LogP contribution in [0.4, 0.5) is 5.69 Å². The lowest BCUT2D eigenvalue weighted by Crippen LogP contribution is -2.28. The molecule has 6 heteroatoms. The number of hydrogen-bond donors (Lipinski definition) is 2. The fourth-order valence-electron chi connectivity index (χ4n) is 2.49. The van der Waals surface area contributed by atoms with Crippen LogP contribution in [0.2, 0.25) is 0 Å². The van der Waals surface area contributed by atoms with Crippen LogP contribution in [0.25, 0.3) is 0 Å². The molecule has 2 N–H and O–H groups in total. The Kier molecular flexibility index (Phi) is 7.51. The van der Waals surface area contributed by atoms with E-state index >= 15 is 0 Å². The van der Waals surface area contributed by atoms with Crippen molar-refractivity contribution in [2.75, 3.05) is 11.9 Å². The first-order valence-corrected chi connectivity index (χ1v) is 8.93. The molecule has 2 aromatic rings. The minimum Gasteiger partial charge on any atom is -0.452 e. The molecule has 2 aromatic carbocycles. The van der Waals surface area contributed by atoms with Crippen LogP contribution in [0.3, 0.4) is 0 Å². The molecule has 0 unspecified atom stereocenters. The van der Waals surface area contributed by atoms with Crippen LogP contribution in [0.1, 0.15) is 42.7 Å². The molecule has 0 bridgehead atoms. The molecule has 0 heterocycles. The van der Waals surface area contributed by atoms with E-state index in [0.29, 0.717) is 11.3 Å². The van der Waals surface area contributed by atoms with Crippen molar-refractivity contribution >= 4 is 23.5 Å². The molecule has 0 fully saturated rings. The summed E-state index contributed by atoms with van der Waals surface area (Å²) in [5, 5.41) is 5.53. The Balaban J connectivity index is 2.01. The van der Waals surface area contributed by atoms with Gasteiger partial charge in [0, 0.05) is 6.08 Å². The zero-order valence-electron chi connectivity index (χ0n) is 16.2. The van der Waals surface area contributed by atoms with Gasteiger partial charge >= 0.3 is 5.97 Å². The largest absolute Gasteiger partial charge is 0.452 e. The summed E-state index contributed by atoms with van der Waals surface area (Å²) in [5.74, 6) is -1.42. The monoisotopic (exact) mass is 380 g/mol. The highest BCUT2D eigenvalue weighted by Crippen LogP contribution is 2.18. The summed E-state index contributed by atoms with van der Waals surface area (Å²) in [5.41, 5.74) is 2.43. The Morgan fingerprint density at radius 2 is 1.64 bits per heavy atom. The predicted molar refractivity (Wildman–Crippen MR) is 108 cm³/mol. The number of benzene rings is 2. The van der Waals surface area contributed by atoms with Crippen molar-refractivity contribution < 1.29 is 19.1 Å². The number of nitrogens with one attached hydrogen (secondary N) is 2. The number of hydrogen-bond acceptors (Lipinski definition) is 4. The van der Waals surface area contributed by atoms with Crippen LogP contribution in [0.5, 0.6) is 0 Å². The molecule has 0 aliphatic heterocycles. The van der Waals surface area contributed by atoms with Crippen LogP contribution < -0.4 is 10.6 Å². The maximum atomic E-state index is 12.7. The molecule has 28 heavy (non-hydrogen) atoms. The van der Waals surface area contributed by atoms with Crippen LogP contribution >= 0.6 is 0 Å². The summed E-state index contributed by atoms with van der Waals surface area (Å²) in [6.45, 7) is 4.97. The molecule has 0 radical (unpaired) electrons. The van der Waals surface area contributed by atoms with Gasteiger partial charge in [0.15, 0.2) is 6.61 Å². The van der Waals surface area contributed by atoms with Crippen LogP contribution in [-0.4, -0.2) is 24.4 Å². The van der Waals surface area contributed by atoms with Gasteiger partial charge in [0.05, 0.1) is 17.3 Å². The summed E-state index contributed by atoms with van der Waals surface area (Å²) in [7, 11) is 0. The third kappa shape index (κ3) is 6.39. The Morgan fingerprint density at radius 3 is 2.32 bits per heavy atom. The smallest absolute Gasteiger partial charge is 0.331 e. The van der Waals surface area contributed by atoms with E-state index < -0.39 is 18.5 Å². The lowest BCUT2D eigenvalue weighted by Gasteiger charge is -2.16. The standard InChI is InChI=1S/C22H24N2O4/c1-15(2)13-21(26)28-14-20(25)24-19-12-8-7-11-18(19)22(27)23-16(3)17-9-5-4-6-10-17/h4-13,16H,14H2,1-3H3,(H,23,27)(H,24,25)/t16-/m0/s1. The molecule has 2 amide bonds. The normalized spacial score (nSPS) is 11.1. The highest BCUT2D eigenvalue weighted by atomic mass is 16.5. The molecule has 0 aromatic heterocycles. The first-order chi connectivity index (χ1) is 13.4. The van der Waals surface area contributed by atoms with E-state index in [9.17, 15) is 14.4 Å². The van der Waals surface area contributed by atoms with Crippen molar-refractivity contribution in [1.29, 1.82) is 0 Å². The van der Waals surface area contributed by atoms with E-state index in [-0.39, 0.29) is 11.9 Å². The molecular weight excluding hydrogens is 356 g/mol. The minimum atomic E-state index is -0.585. The number of rotatable bonds is 7. The Bertz CT molecular complexity index is 871. The van der Waals surface area contributed by atoms with Crippen molar-refractivity contribution in [2.24, 2.45) is 0 Å². The molecular formula is C22H24N2O4. The van der Waals surface area contributed by atoms with Crippen molar-refractivity contribution in [2.45, 2.75) is 26.8 Å². The van der Waals surface area contributed by atoms with Gasteiger partial charge in [-0.25, -0.2) is 4.79 Å². The molecule has 1 atom stereocenters. The number of anilines is 1. The average Bonchev–Trinajstić information content (AvgIpc) is 2.67. The first kappa shape index (κ1) is 20.9. The van der Waals surface area contributed by atoms with Gasteiger partial charge in [-0.3, -0.25) is 9.59 Å². The summed E-state index contributed by atoms with van der Waals surface area (Å²) in [6, 6.07) is 16.1. The van der Waals surface area contributed by atoms with Crippen molar-refractivity contribution in [3.8, 4) is 0 Å². The van der Waals surface area contributed by atoms with Gasteiger partial charge in [-0.2, -0.15) is 0 Å². The number of ether oxygens (including phenoxy) is 1. The van der Waals surface area contributed by atoms with Crippen LogP contribution in [-0.2, 0) is 14.3 Å². The molecule has 0 aliphatic rings. The summed E-state index contributed by atoms with van der Waals surface area (Å²) >= 11 is 0. The SMILES string of the molecule is CC(C)=CC(=O)OCC(=O)Nc1ccccc1C(=O)N[C@@H](C)c1ccccc1. The molecule has 6 nitrogen and oxygen atoms in total. The van der Waals surface area contributed by atoms with Gasteiger partial charge in [-0.15, -0.1) is 0 Å². The second-order valence-electron chi connectivity index (χ2n) is 6.53. The number of carbonyl (C=O) groups is 3. The molecule has 0 saturated heterocycles. The van der Waals surface area contributed by atoms with Gasteiger partial charge in [0.25, 0.3) is 11.8 Å². The van der Waals surface area contributed by atoms with E-state index in [1.807, 2.05) is 37.3 Å². The molecule has 0 aliphatic carbocycles. The van der Waals surface area contributed by atoms with E-state index in [1.54, 1.807) is 38.1 Å². The number of carbonyl (C=O) groups excluding carboxylic acids is 3. The summed E-state index contributed by atoms with van der Waals surface area (Å²) in [4.78, 5) is 36.2. The predicted octanol–water partition coefficient (Wildman–Crippen LogP) is 3.63. The van der Waals surface area contributed by atoms with E-state index in [2.05, 4.69) is 10.6 Å². The van der Waals surface area contributed by atoms with Crippen LogP contribution in [0, 0.1) is 0 Å². The maximum Gasteiger partial charge on any atom is 0.331 e. The number of esters is 1. The van der Waals surface area contributed by atoms with Crippen molar-refractivity contribution in [3.63, 3.8) is 0 Å². The van der Waals surface area contributed by atoms with Gasteiger partial charge in [0.1, 0.15) is 0 Å². The molecule has 146 valence electrons. The van der Waals surface area contributed by atoms with Gasteiger partial charge in [-0.1, -0.05) is 48.0 Å². The van der Waals surface area contributed by atoms with E-state index in [1.165, 1.54) is 6.08 Å². The topological polar surface area (TPSA) is 84.5 Å². The zero-order valence-corrected chi connectivity index (χ0v) is 16.2. The number of allylic oxidation sites excluding steroid dienone is 1. The van der Waals surface area contributed by atoms with Crippen LogP contribution in [0.15, 0.2) is 66.2 Å². The van der Waals surface area contributed by atoms with Gasteiger partial charge < -0.3 is 15.4 Å². The number of para-hydroxylation sites is 1. The lowest BCUT2D eigenvalue weighted by molar-refractivity contribution is -0.142. The molecule has 0 saturated carbocycles. The molecule has 2 rings (SSSR count). The molecule has 0 spiro atoms. The van der Waals surface area contributed by atoms with E-state index in [0.717, 1.165) is 11.1 Å². The quantitative estimate of drug-likeness (QED) is 0.567. The fourth-order valence-corrected chi connectivity index (χ4v) is 2.49. The average molecular weight is 380 g/mol. The maximum absolute atomic E-state index is 12.7. The van der Waals surface area contributed by atoms with Gasteiger partial charge in [-0.05, 0) is 38.5 Å². The third-order valence-electron chi connectivity index (χ3n) is 3.85. The van der Waals surface area contributed by atoms with Gasteiger partial charge in [0.2, 0.25) is 0 Å². The summed E-state index contributed by atoms with van der Waals surface area (Å²) in [6.07, 6.45) is 1.31. The fraction of sp³-hybridized carbons (Fsp3) is 0.227. The van der Waals surface area contributed by atoms with Crippen molar-refractivity contribution in [3.05, 3.63) is 77.4 Å². The Hall–Kier alpha value is -3.41. The third-order valence-corrected chi connectivity index (χ3v) is 3.85. The highest BCUT2D eigenvalue weighted by Gasteiger charge is 2.16. The second kappa shape index (κ2) is 10.1. The summed E-state index contributed by atoms with van der Waals surface area (Å²) < 4.78 is 4.88. The second-order valence-corrected chi connectivity index (χ2v) is 6.53.